The van der Waals surface area contributed by atoms with Crippen LogP contribution in [0.4, 0.5) is 0 Å². The van der Waals surface area contributed by atoms with Crippen molar-refractivity contribution in [3.05, 3.63) is 33.9 Å². The van der Waals surface area contributed by atoms with Gasteiger partial charge in [0.25, 0.3) is 5.09 Å². The first-order valence-corrected chi connectivity index (χ1v) is 8.35. The number of amides is 1. The lowest BCUT2D eigenvalue weighted by atomic mass is 10.1. The average molecular weight is 386 g/mol. The number of benzene rings is 1. The quantitative estimate of drug-likeness (QED) is 0.313. The molecule has 0 aliphatic heterocycles. The number of rotatable bonds is 10. The average Bonchev–Trinajstić information content (AvgIpc) is 2.61. The lowest BCUT2D eigenvalue weighted by Crippen LogP contribution is -2.24. The number of aliphatic hydroxyl groups excluding tert-OH is 1. The molecule has 152 valence electrons. The van der Waals surface area contributed by atoms with Gasteiger partial charge in [-0.2, -0.15) is 0 Å². The van der Waals surface area contributed by atoms with Gasteiger partial charge >= 0.3 is 0 Å². The van der Waals surface area contributed by atoms with E-state index in [9.17, 15) is 4.79 Å². The maximum absolute atomic E-state index is 11.6. The molecule has 0 radical (unpaired) electrons. The summed E-state index contributed by atoms with van der Waals surface area (Å²) in [5.74, 6) is 1.45. The first-order chi connectivity index (χ1) is 12.9. The van der Waals surface area contributed by atoms with Gasteiger partial charge in [0.15, 0.2) is 11.5 Å². The third-order valence-corrected chi connectivity index (χ3v) is 2.77. The summed E-state index contributed by atoms with van der Waals surface area (Å²) < 4.78 is 16.9. The molecule has 1 aromatic carbocycles. The fourth-order valence-corrected chi connectivity index (χ4v) is 1.92. The van der Waals surface area contributed by atoms with E-state index in [0.29, 0.717) is 37.1 Å². The van der Waals surface area contributed by atoms with Crippen LogP contribution in [-0.4, -0.2) is 54.3 Å². The van der Waals surface area contributed by atoms with Gasteiger partial charge in [-0.15, -0.1) is 10.1 Å². The van der Waals surface area contributed by atoms with E-state index < -0.39 is 5.09 Å². The van der Waals surface area contributed by atoms with Gasteiger partial charge in [0, 0.05) is 12.6 Å². The van der Waals surface area contributed by atoms with Crippen molar-refractivity contribution < 1.29 is 34.4 Å². The second-order valence-corrected chi connectivity index (χ2v) is 4.73. The molecule has 0 aliphatic rings. The number of carbonyl (C=O) groups excluding carboxylic acids is 1. The Morgan fingerprint density at radius 1 is 1.15 bits per heavy atom. The number of nitrogens with one attached hydrogen (secondary N) is 1. The monoisotopic (exact) mass is 386 g/mol. The molecule has 0 fully saturated rings. The zero-order valence-corrected chi connectivity index (χ0v) is 15.6. The maximum Gasteiger partial charge on any atom is 0.291 e. The van der Waals surface area contributed by atoms with E-state index in [1.54, 1.807) is 18.2 Å². The number of hydrogen-bond acceptors (Lipinski definition) is 7. The summed E-state index contributed by atoms with van der Waals surface area (Å²) in [6.07, 6.45) is 3.06. The Morgan fingerprint density at radius 3 is 2.04 bits per heavy atom. The number of carbonyl (C=O) groups is 1. The molecule has 0 aromatic heterocycles. The molecular formula is C17H26N2O8. The SMILES string of the molecule is CCOc1cc(/C=C/C(=O)NCCO)cc(OCC)c1OCC.O=[N+]([O-])O. The highest BCUT2D eigenvalue weighted by Crippen LogP contribution is 2.39. The van der Waals surface area contributed by atoms with E-state index in [2.05, 4.69) is 5.32 Å². The van der Waals surface area contributed by atoms with Crippen LogP contribution >= 0.6 is 0 Å². The fourth-order valence-electron chi connectivity index (χ4n) is 1.92. The van der Waals surface area contributed by atoms with Crippen LogP contribution in [0.2, 0.25) is 0 Å². The first kappa shape index (κ1) is 24.0. The summed E-state index contributed by atoms with van der Waals surface area (Å²) in [5, 5.41) is 24.9. The largest absolute Gasteiger partial charge is 0.490 e. The zero-order chi connectivity index (χ0) is 20.7. The Kier molecular flexibility index (Phi) is 12.6. The predicted octanol–water partition coefficient (Wildman–Crippen LogP) is 1.66. The minimum atomic E-state index is -1.50. The molecule has 1 rings (SSSR count). The van der Waals surface area contributed by atoms with E-state index in [4.69, 9.17) is 34.6 Å². The van der Waals surface area contributed by atoms with Crippen LogP contribution in [0.5, 0.6) is 17.2 Å². The second kappa shape index (κ2) is 14.2. The highest BCUT2D eigenvalue weighted by molar-refractivity contribution is 5.91. The van der Waals surface area contributed by atoms with E-state index in [1.807, 2.05) is 20.8 Å². The van der Waals surface area contributed by atoms with Crippen molar-refractivity contribution in [2.75, 3.05) is 33.0 Å². The predicted molar refractivity (Wildman–Crippen MR) is 97.9 cm³/mol. The Hall–Kier alpha value is -3.01. The van der Waals surface area contributed by atoms with Crippen molar-refractivity contribution in [2.45, 2.75) is 20.8 Å². The molecule has 0 aliphatic carbocycles. The van der Waals surface area contributed by atoms with Crippen LogP contribution in [0.15, 0.2) is 18.2 Å². The molecular weight excluding hydrogens is 360 g/mol. The van der Waals surface area contributed by atoms with Crippen molar-refractivity contribution in [2.24, 2.45) is 0 Å². The molecule has 10 heteroatoms. The van der Waals surface area contributed by atoms with Gasteiger partial charge in [0.2, 0.25) is 11.7 Å². The molecule has 0 saturated carbocycles. The molecule has 10 nitrogen and oxygen atoms in total. The molecule has 3 N–H and O–H groups in total. The van der Waals surface area contributed by atoms with E-state index in [1.165, 1.54) is 6.08 Å². The molecule has 0 unspecified atom stereocenters. The van der Waals surface area contributed by atoms with Crippen LogP contribution in [0, 0.1) is 10.1 Å². The number of hydrogen-bond donors (Lipinski definition) is 3. The van der Waals surface area contributed by atoms with Crippen LogP contribution in [-0.2, 0) is 4.79 Å². The van der Waals surface area contributed by atoms with Gasteiger partial charge in [-0.05, 0) is 44.5 Å². The summed E-state index contributed by atoms with van der Waals surface area (Å²) in [6, 6.07) is 3.60. The minimum absolute atomic E-state index is 0.0917. The number of ether oxygens (including phenoxy) is 3. The molecule has 0 spiro atoms. The standard InChI is InChI=1S/C17H25NO5.HNO3/c1-4-21-14-11-13(7-8-16(20)18-9-10-19)12-15(22-5-2)17(14)23-6-3;2-1(3)4/h7-8,11-12,19H,4-6,9-10H2,1-3H3,(H,18,20);(H,2,3,4)/b8-7+;. The van der Waals surface area contributed by atoms with Crippen LogP contribution in [0.25, 0.3) is 6.08 Å². The summed E-state index contributed by atoms with van der Waals surface area (Å²) in [4.78, 5) is 19.9. The zero-order valence-electron chi connectivity index (χ0n) is 15.6. The van der Waals surface area contributed by atoms with E-state index in [0.717, 1.165) is 5.56 Å². The van der Waals surface area contributed by atoms with Gasteiger partial charge in [0.05, 0.1) is 26.4 Å². The summed E-state index contributed by atoms with van der Waals surface area (Å²) >= 11 is 0. The lowest BCUT2D eigenvalue weighted by Gasteiger charge is -2.16. The van der Waals surface area contributed by atoms with E-state index >= 15 is 0 Å². The Balaban J connectivity index is 0.00000153. The molecule has 0 atom stereocenters. The van der Waals surface area contributed by atoms with Gasteiger partial charge in [-0.25, -0.2) is 0 Å². The topological polar surface area (TPSA) is 140 Å². The third-order valence-electron chi connectivity index (χ3n) is 2.77. The number of nitrogens with zero attached hydrogens (tertiary/aromatic N) is 1. The Morgan fingerprint density at radius 2 is 1.63 bits per heavy atom. The van der Waals surface area contributed by atoms with Crippen molar-refractivity contribution in [1.82, 2.24) is 5.32 Å². The maximum atomic E-state index is 11.6. The van der Waals surface area contributed by atoms with Gasteiger partial charge in [0.1, 0.15) is 0 Å². The smallest absolute Gasteiger partial charge is 0.291 e. The molecule has 1 amide bonds. The van der Waals surface area contributed by atoms with Crippen molar-refractivity contribution in [1.29, 1.82) is 0 Å². The van der Waals surface area contributed by atoms with Crippen molar-refractivity contribution >= 4 is 12.0 Å². The summed E-state index contributed by atoms with van der Waals surface area (Å²) in [7, 11) is 0. The number of aliphatic hydroxyl groups is 1. The summed E-state index contributed by atoms with van der Waals surface area (Å²) in [6.45, 7) is 7.30. The molecule has 0 heterocycles. The lowest BCUT2D eigenvalue weighted by molar-refractivity contribution is -0.742. The Labute approximate surface area is 157 Å². The highest BCUT2D eigenvalue weighted by atomic mass is 16.9. The molecule has 27 heavy (non-hydrogen) atoms. The van der Waals surface area contributed by atoms with Gasteiger partial charge in [-0.3, -0.25) is 4.79 Å². The van der Waals surface area contributed by atoms with Crippen molar-refractivity contribution in [3.8, 4) is 17.2 Å². The van der Waals surface area contributed by atoms with Crippen LogP contribution in [0.3, 0.4) is 0 Å². The van der Waals surface area contributed by atoms with Crippen LogP contribution < -0.4 is 19.5 Å². The third kappa shape index (κ3) is 10.5. The van der Waals surface area contributed by atoms with Gasteiger partial charge < -0.3 is 29.8 Å². The Bertz CT molecular complexity index is 588. The van der Waals surface area contributed by atoms with Crippen LogP contribution in [0.1, 0.15) is 26.3 Å². The van der Waals surface area contributed by atoms with Crippen molar-refractivity contribution in [3.63, 3.8) is 0 Å². The highest BCUT2D eigenvalue weighted by Gasteiger charge is 2.14. The van der Waals surface area contributed by atoms with Gasteiger partial charge in [-0.1, -0.05) is 0 Å². The normalized spacial score (nSPS) is 9.93. The first-order valence-electron chi connectivity index (χ1n) is 8.35. The summed E-state index contributed by atoms with van der Waals surface area (Å²) in [5.41, 5.74) is 0.763. The fraction of sp³-hybridized carbons (Fsp3) is 0.471. The molecule has 0 bridgehead atoms. The second-order valence-electron chi connectivity index (χ2n) is 4.73. The molecule has 0 saturated heterocycles. The molecule has 1 aromatic rings. The minimum Gasteiger partial charge on any atom is -0.490 e. The van der Waals surface area contributed by atoms with E-state index in [-0.39, 0.29) is 19.1 Å².